The van der Waals surface area contributed by atoms with Crippen molar-refractivity contribution in [2.45, 2.75) is 32.7 Å². The summed E-state index contributed by atoms with van der Waals surface area (Å²) in [5, 5.41) is 6.46. The molecule has 0 aliphatic rings. The molecule has 0 saturated heterocycles. The van der Waals surface area contributed by atoms with Gasteiger partial charge >= 0.3 is 6.03 Å². The van der Waals surface area contributed by atoms with Crippen LogP contribution in [0, 0.1) is 0 Å². The van der Waals surface area contributed by atoms with Crippen molar-refractivity contribution in [3.8, 4) is 0 Å². The fourth-order valence-corrected chi connectivity index (χ4v) is 3.04. The summed E-state index contributed by atoms with van der Waals surface area (Å²) in [6, 6.07) is 12.9. The van der Waals surface area contributed by atoms with E-state index in [9.17, 15) is 9.59 Å². The van der Waals surface area contributed by atoms with Crippen molar-refractivity contribution in [1.82, 2.24) is 15.3 Å². The highest BCUT2D eigenvalue weighted by Gasteiger charge is 2.11. The number of aryl methyl sites for hydroxylation is 2. The van der Waals surface area contributed by atoms with Crippen LogP contribution in [0.15, 0.2) is 48.8 Å². The molecule has 0 fully saturated rings. The first-order chi connectivity index (χ1) is 13.4. The smallest absolute Gasteiger partial charge is 0.319 e. The number of carbonyl (C=O) groups is 2. The lowest BCUT2D eigenvalue weighted by Crippen LogP contribution is -2.34. The topological polar surface area (TPSA) is 110 Å². The Labute approximate surface area is 163 Å². The van der Waals surface area contributed by atoms with E-state index in [0.29, 0.717) is 17.5 Å². The lowest BCUT2D eigenvalue weighted by molar-refractivity contribution is 0.100. The first-order valence-electron chi connectivity index (χ1n) is 9.13. The molecule has 3 aromatic rings. The predicted molar refractivity (Wildman–Crippen MR) is 109 cm³/mol. The number of nitrogens with two attached hydrogens (primary N) is 1. The molecule has 0 radical (unpaired) electrons. The lowest BCUT2D eigenvalue weighted by atomic mass is 10.0. The molecule has 1 aromatic heterocycles. The number of aromatic nitrogens is 2. The third-order valence-corrected chi connectivity index (χ3v) is 4.27. The third kappa shape index (κ3) is 4.62. The van der Waals surface area contributed by atoms with Gasteiger partial charge in [0.1, 0.15) is 6.33 Å². The molecule has 0 atom stereocenters. The number of nitrogens with zero attached hydrogens (tertiary/aromatic N) is 2. The number of rotatable bonds is 6. The van der Waals surface area contributed by atoms with Gasteiger partial charge in [-0.05, 0) is 50.5 Å². The predicted octanol–water partition coefficient (Wildman–Crippen LogP) is 3.04. The number of anilines is 1. The van der Waals surface area contributed by atoms with E-state index in [0.717, 1.165) is 28.8 Å². The zero-order valence-electron chi connectivity index (χ0n) is 15.9. The molecule has 4 N–H and O–H groups in total. The van der Waals surface area contributed by atoms with Crippen molar-refractivity contribution < 1.29 is 9.59 Å². The number of nitrogens with one attached hydrogen (secondary N) is 2. The van der Waals surface area contributed by atoms with E-state index in [1.54, 1.807) is 12.1 Å². The van der Waals surface area contributed by atoms with Crippen molar-refractivity contribution in [2.75, 3.05) is 5.32 Å². The Hall–Kier alpha value is -3.48. The van der Waals surface area contributed by atoms with E-state index < -0.39 is 5.91 Å². The van der Waals surface area contributed by atoms with E-state index >= 15 is 0 Å². The van der Waals surface area contributed by atoms with Gasteiger partial charge < -0.3 is 16.4 Å². The summed E-state index contributed by atoms with van der Waals surface area (Å²) in [6.45, 7) is 3.82. The van der Waals surface area contributed by atoms with E-state index in [-0.39, 0.29) is 12.1 Å². The van der Waals surface area contributed by atoms with Crippen molar-refractivity contribution in [1.29, 1.82) is 0 Å². The van der Waals surface area contributed by atoms with Crippen LogP contribution in [0.5, 0.6) is 0 Å². The molecule has 0 spiro atoms. The summed E-state index contributed by atoms with van der Waals surface area (Å²) >= 11 is 0. The monoisotopic (exact) mass is 377 g/mol. The van der Waals surface area contributed by atoms with Gasteiger partial charge in [-0.25, -0.2) is 14.8 Å². The van der Waals surface area contributed by atoms with Crippen LogP contribution in [0.25, 0.3) is 10.9 Å². The average molecular weight is 377 g/mol. The molecule has 0 aliphatic carbocycles. The zero-order valence-corrected chi connectivity index (χ0v) is 15.9. The second-order valence-corrected chi connectivity index (χ2v) is 6.84. The minimum Gasteiger partial charge on any atom is -0.366 e. The second kappa shape index (κ2) is 8.47. The van der Waals surface area contributed by atoms with Crippen molar-refractivity contribution in [3.05, 3.63) is 65.6 Å². The maximum absolute atomic E-state index is 11.9. The number of benzene rings is 2. The van der Waals surface area contributed by atoms with Crippen LogP contribution in [0.2, 0.25) is 0 Å². The van der Waals surface area contributed by atoms with Crippen LogP contribution < -0.4 is 16.4 Å². The van der Waals surface area contributed by atoms with Crippen molar-refractivity contribution in [2.24, 2.45) is 5.73 Å². The van der Waals surface area contributed by atoms with Gasteiger partial charge in [0.05, 0.1) is 16.8 Å². The number of hydrogen-bond acceptors (Lipinski definition) is 4. The Morgan fingerprint density at radius 3 is 2.61 bits per heavy atom. The molecule has 0 aliphatic heterocycles. The van der Waals surface area contributed by atoms with Crippen LogP contribution in [-0.2, 0) is 12.8 Å². The van der Waals surface area contributed by atoms with Gasteiger partial charge in [0.2, 0.25) is 0 Å². The minimum absolute atomic E-state index is 0.0690. The molecule has 3 amide bonds. The Morgan fingerprint density at radius 1 is 1.07 bits per heavy atom. The fourth-order valence-electron chi connectivity index (χ4n) is 3.04. The normalized spacial score (nSPS) is 10.8. The maximum atomic E-state index is 11.9. The number of fused-ring (bicyclic) bond motifs is 1. The first-order valence-corrected chi connectivity index (χ1v) is 9.13. The lowest BCUT2D eigenvalue weighted by Gasteiger charge is -2.11. The van der Waals surface area contributed by atoms with E-state index in [4.69, 9.17) is 5.73 Å². The van der Waals surface area contributed by atoms with Gasteiger partial charge in [-0.15, -0.1) is 0 Å². The van der Waals surface area contributed by atoms with Crippen LogP contribution in [0.1, 0.15) is 35.5 Å². The molecule has 0 bridgehead atoms. The number of primary amides is 1. The quantitative estimate of drug-likeness (QED) is 0.613. The maximum Gasteiger partial charge on any atom is 0.319 e. The molecule has 1 heterocycles. The molecule has 7 nitrogen and oxygen atoms in total. The standard InChI is InChI=1S/C21H23N5O2/c1-13(2)25-21(28)26-15-6-3-5-14(11-15)9-10-18-16-7-4-8-17(20(22)27)19(16)24-12-23-18/h3-8,11-13H,9-10H2,1-2H3,(H2,22,27)(H2,25,26,28). The van der Waals surface area contributed by atoms with Crippen LogP contribution in [-0.4, -0.2) is 27.9 Å². The summed E-state index contributed by atoms with van der Waals surface area (Å²) in [4.78, 5) is 32.1. The molecular weight excluding hydrogens is 354 g/mol. The van der Waals surface area contributed by atoms with E-state index in [2.05, 4.69) is 20.6 Å². The van der Waals surface area contributed by atoms with Crippen LogP contribution >= 0.6 is 0 Å². The molecule has 0 unspecified atom stereocenters. The van der Waals surface area contributed by atoms with Gasteiger partial charge in [0, 0.05) is 17.1 Å². The highest BCUT2D eigenvalue weighted by Crippen LogP contribution is 2.20. The number of hydrogen-bond donors (Lipinski definition) is 3. The number of amides is 3. The van der Waals surface area contributed by atoms with E-state index in [1.807, 2.05) is 44.2 Å². The molecule has 2 aromatic carbocycles. The highest BCUT2D eigenvalue weighted by molar-refractivity contribution is 6.05. The van der Waals surface area contributed by atoms with Crippen LogP contribution in [0.3, 0.4) is 0 Å². The summed E-state index contributed by atoms with van der Waals surface area (Å²) in [5.74, 6) is -0.506. The summed E-state index contributed by atoms with van der Waals surface area (Å²) in [5.41, 5.74) is 9.06. The Balaban J connectivity index is 1.76. The van der Waals surface area contributed by atoms with Gasteiger partial charge in [-0.3, -0.25) is 4.79 Å². The molecule has 7 heteroatoms. The summed E-state index contributed by atoms with van der Waals surface area (Å²) < 4.78 is 0. The number of carbonyl (C=O) groups excluding carboxylic acids is 2. The SMILES string of the molecule is CC(C)NC(=O)Nc1cccc(CCc2ncnc3c(C(N)=O)cccc23)c1. The molecular formula is C21H23N5O2. The Bertz CT molecular complexity index is 1020. The van der Waals surface area contributed by atoms with Crippen molar-refractivity contribution >= 4 is 28.5 Å². The van der Waals surface area contributed by atoms with Gasteiger partial charge in [0.15, 0.2) is 0 Å². The average Bonchev–Trinajstić information content (AvgIpc) is 2.65. The molecule has 0 saturated carbocycles. The number of urea groups is 1. The molecule has 144 valence electrons. The first kappa shape index (κ1) is 19.3. The van der Waals surface area contributed by atoms with E-state index in [1.165, 1.54) is 6.33 Å². The van der Waals surface area contributed by atoms with Gasteiger partial charge in [-0.1, -0.05) is 24.3 Å². The zero-order chi connectivity index (χ0) is 20.1. The summed E-state index contributed by atoms with van der Waals surface area (Å²) in [6.07, 6.45) is 2.86. The largest absolute Gasteiger partial charge is 0.366 e. The minimum atomic E-state index is -0.506. The highest BCUT2D eigenvalue weighted by atomic mass is 16.2. The Kier molecular flexibility index (Phi) is 5.84. The van der Waals surface area contributed by atoms with Gasteiger partial charge in [0.25, 0.3) is 5.91 Å². The third-order valence-electron chi connectivity index (χ3n) is 4.27. The molecule has 28 heavy (non-hydrogen) atoms. The summed E-state index contributed by atoms with van der Waals surface area (Å²) in [7, 11) is 0. The van der Waals surface area contributed by atoms with Crippen molar-refractivity contribution in [3.63, 3.8) is 0 Å². The molecule has 3 rings (SSSR count). The second-order valence-electron chi connectivity index (χ2n) is 6.84. The van der Waals surface area contributed by atoms with Gasteiger partial charge in [-0.2, -0.15) is 0 Å². The number of para-hydroxylation sites is 1. The fraction of sp³-hybridized carbons (Fsp3) is 0.238. The Morgan fingerprint density at radius 2 is 1.86 bits per heavy atom. The van der Waals surface area contributed by atoms with Crippen LogP contribution in [0.4, 0.5) is 10.5 Å².